The highest BCUT2D eigenvalue weighted by Crippen LogP contribution is 2.39. The van der Waals surface area contributed by atoms with Crippen LogP contribution in [0.3, 0.4) is 0 Å². The van der Waals surface area contributed by atoms with Gasteiger partial charge in [-0.05, 0) is 36.8 Å². The normalized spacial score (nSPS) is 18.0. The van der Waals surface area contributed by atoms with E-state index in [1.807, 2.05) is 0 Å². The van der Waals surface area contributed by atoms with Crippen LogP contribution in [-0.2, 0) is 0 Å². The number of fused-ring (bicyclic) bond motifs is 2. The first-order chi connectivity index (χ1) is 18.5. The molecule has 0 radical (unpaired) electrons. The predicted molar refractivity (Wildman–Crippen MR) is 139 cm³/mol. The molecule has 0 saturated carbocycles. The molecule has 8 nitrogen and oxygen atoms in total. The maximum atomic E-state index is 15.4. The van der Waals surface area contributed by atoms with E-state index < -0.39 is 17.5 Å². The lowest BCUT2D eigenvalue weighted by Gasteiger charge is -2.32. The topological polar surface area (TPSA) is 92.3 Å². The lowest BCUT2D eigenvalue weighted by atomic mass is 10.0. The van der Waals surface area contributed by atoms with Gasteiger partial charge in [0.2, 0.25) is 0 Å². The summed E-state index contributed by atoms with van der Waals surface area (Å²) < 4.78 is 35.2. The van der Waals surface area contributed by atoms with E-state index >= 15 is 4.39 Å². The molecule has 192 valence electrons. The van der Waals surface area contributed by atoms with Gasteiger partial charge in [0, 0.05) is 61.0 Å². The Hall–Kier alpha value is -4.44. The zero-order chi connectivity index (χ0) is 26.2. The monoisotopic (exact) mass is 514 g/mol. The molecule has 2 bridgehead atoms. The van der Waals surface area contributed by atoms with Crippen LogP contribution in [0.1, 0.15) is 16.9 Å². The van der Waals surface area contributed by atoms with Gasteiger partial charge < -0.3 is 20.3 Å². The Labute approximate surface area is 217 Å². The molecule has 4 heterocycles. The van der Waals surface area contributed by atoms with E-state index in [0.717, 1.165) is 25.2 Å². The minimum atomic E-state index is -0.574. The smallest absolute Gasteiger partial charge is 0.274 e. The van der Waals surface area contributed by atoms with E-state index in [1.165, 1.54) is 37.6 Å². The second-order valence-corrected chi connectivity index (χ2v) is 9.27. The Morgan fingerprint density at radius 3 is 2.76 bits per heavy atom. The molecule has 2 atom stereocenters. The minimum absolute atomic E-state index is 0.00705. The van der Waals surface area contributed by atoms with Gasteiger partial charge in [0.1, 0.15) is 23.1 Å². The number of ether oxygens (including phenoxy) is 1. The Morgan fingerprint density at radius 1 is 1.13 bits per heavy atom. The van der Waals surface area contributed by atoms with Crippen LogP contribution in [0.5, 0.6) is 5.75 Å². The third-order valence-corrected chi connectivity index (χ3v) is 6.98. The largest absolute Gasteiger partial charge is 0.496 e. The number of nitrogens with one attached hydrogen (secondary N) is 2. The van der Waals surface area contributed by atoms with E-state index in [4.69, 9.17) is 4.74 Å². The molecule has 2 aromatic carbocycles. The number of nitrogens with zero attached hydrogens (tertiary/aromatic N) is 4. The molecule has 2 saturated heterocycles. The van der Waals surface area contributed by atoms with Crippen molar-refractivity contribution in [2.24, 2.45) is 0 Å². The van der Waals surface area contributed by atoms with E-state index in [2.05, 4.69) is 30.5 Å². The quantitative estimate of drug-likeness (QED) is 0.397. The molecular weight excluding hydrogens is 490 g/mol. The number of pyridine rings is 1. The molecular formula is C28H24F2N6O2. The summed E-state index contributed by atoms with van der Waals surface area (Å²) >= 11 is 0. The zero-order valence-electron chi connectivity index (χ0n) is 20.5. The van der Waals surface area contributed by atoms with Crippen LogP contribution in [0.25, 0.3) is 22.5 Å². The first kappa shape index (κ1) is 23.9. The van der Waals surface area contributed by atoms with Crippen molar-refractivity contribution in [3.8, 4) is 28.3 Å². The highest BCUT2D eigenvalue weighted by Gasteiger charge is 2.39. The first-order valence-electron chi connectivity index (χ1n) is 12.2. The van der Waals surface area contributed by atoms with Crippen LogP contribution in [0, 0.1) is 11.6 Å². The average molecular weight is 515 g/mol. The number of hydrogen-bond acceptors (Lipinski definition) is 7. The van der Waals surface area contributed by atoms with Gasteiger partial charge in [-0.15, -0.1) is 0 Å². The van der Waals surface area contributed by atoms with E-state index in [1.54, 1.807) is 36.7 Å². The highest BCUT2D eigenvalue weighted by molar-refractivity contribution is 6.05. The summed E-state index contributed by atoms with van der Waals surface area (Å²) in [4.78, 5) is 28.1. The Bertz CT molecular complexity index is 1520. The van der Waals surface area contributed by atoms with Gasteiger partial charge >= 0.3 is 0 Å². The van der Waals surface area contributed by atoms with Crippen molar-refractivity contribution in [1.82, 2.24) is 20.3 Å². The molecule has 2 aliphatic heterocycles. The van der Waals surface area contributed by atoms with Crippen LogP contribution >= 0.6 is 0 Å². The summed E-state index contributed by atoms with van der Waals surface area (Å²) in [6, 6.07) is 13.0. The first-order valence-corrected chi connectivity index (χ1v) is 12.2. The van der Waals surface area contributed by atoms with Gasteiger partial charge in [0.05, 0.1) is 24.0 Å². The van der Waals surface area contributed by atoms with Gasteiger partial charge in [-0.1, -0.05) is 12.1 Å². The number of aromatic nitrogens is 3. The van der Waals surface area contributed by atoms with Crippen molar-refractivity contribution in [3.05, 3.63) is 84.4 Å². The van der Waals surface area contributed by atoms with Crippen LogP contribution < -0.4 is 20.3 Å². The summed E-state index contributed by atoms with van der Waals surface area (Å²) in [5, 5.41) is 6.30. The molecule has 4 aromatic rings. The van der Waals surface area contributed by atoms with E-state index in [9.17, 15) is 9.18 Å². The zero-order valence-corrected chi connectivity index (χ0v) is 20.5. The number of carbonyl (C=O) groups is 1. The number of halogens is 2. The maximum Gasteiger partial charge on any atom is 0.274 e. The van der Waals surface area contributed by atoms with Crippen molar-refractivity contribution in [2.45, 2.75) is 18.5 Å². The number of benzene rings is 2. The number of hydrogen-bond donors (Lipinski definition) is 2. The van der Waals surface area contributed by atoms with Crippen molar-refractivity contribution < 1.29 is 18.3 Å². The third kappa shape index (κ3) is 4.32. The number of rotatable bonds is 6. The fourth-order valence-corrected chi connectivity index (χ4v) is 5.18. The number of carbonyl (C=O) groups excluding carboxylic acids is 1. The van der Waals surface area contributed by atoms with E-state index in [-0.39, 0.29) is 28.9 Å². The molecule has 2 N–H and O–H groups in total. The van der Waals surface area contributed by atoms with Gasteiger partial charge in [0.15, 0.2) is 5.82 Å². The molecule has 0 unspecified atom stereocenters. The van der Waals surface area contributed by atoms with Crippen molar-refractivity contribution in [1.29, 1.82) is 0 Å². The summed E-state index contributed by atoms with van der Waals surface area (Å²) in [6.07, 6.45) is 5.60. The van der Waals surface area contributed by atoms with E-state index in [0.29, 0.717) is 22.9 Å². The molecule has 38 heavy (non-hydrogen) atoms. The van der Waals surface area contributed by atoms with Gasteiger partial charge in [-0.3, -0.25) is 9.78 Å². The summed E-state index contributed by atoms with van der Waals surface area (Å²) in [6.45, 7) is 1.56. The Morgan fingerprint density at radius 2 is 2.03 bits per heavy atom. The van der Waals surface area contributed by atoms with Gasteiger partial charge in [-0.25, -0.2) is 18.7 Å². The Kier molecular flexibility index (Phi) is 6.16. The fraction of sp³-hybridized carbons (Fsp3) is 0.214. The SMILES string of the molecule is COc1cccc(F)c1-c1nccc(C(=O)Nc2cc(F)c(-c3cccnc3)cc2N2C[C@@H]3C[C@H]2CN3)n1. The Balaban J connectivity index is 1.37. The van der Waals surface area contributed by atoms with Crippen molar-refractivity contribution in [3.63, 3.8) is 0 Å². The standard InChI is InChI=1S/C28H24F2N6O2/c1-38-25-6-2-5-20(29)26(25)27-32-9-7-22(34-27)28(37)35-23-12-21(30)19(16-4-3-8-31-13-16)11-24(23)36-15-17-10-18(36)14-33-17/h2-9,11-13,17-18,33H,10,14-15H2,1H3,(H,35,37)/t17-,18-/m0/s1. The lowest BCUT2D eigenvalue weighted by Crippen LogP contribution is -2.44. The van der Waals surface area contributed by atoms with Crippen LogP contribution in [0.4, 0.5) is 20.2 Å². The maximum absolute atomic E-state index is 15.4. The molecule has 6 rings (SSSR count). The number of methoxy groups -OCH3 is 1. The van der Waals surface area contributed by atoms with Crippen molar-refractivity contribution in [2.75, 3.05) is 30.4 Å². The summed E-state index contributed by atoms with van der Waals surface area (Å²) in [7, 11) is 1.42. The predicted octanol–water partition coefficient (Wildman–Crippen LogP) is 4.30. The minimum Gasteiger partial charge on any atom is -0.496 e. The number of amides is 1. The van der Waals surface area contributed by atoms with Crippen LogP contribution in [0.15, 0.2) is 67.1 Å². The molecule has 0 aliphatic carbocycles. The molecule has 1 amide bonds. The summed E-state index contributed by atoms with van der Waals surface area (Å²) in [5.74, 6) is -1.38. The molecule has 0 spiro atoms. The third-order valence-electron chi connectivity index (χ3n) is 6.98. The summed E-state index contributed by atoms with van der Waals surface area (Å²) in [5.41, 5.74) is 2.16. The molecule has 10 heteroatoms. The molecule has 2 fully saturated rings. The second kappa shape index (κ2) is 9.79. The van der Waals surface area contributed by atoms with Gasteiger partial charge in [0.25, 0.3) is 5.91 Å². The average Bonchev–Trinajstić information content (AvgIpc) is 3.58. The fourth-order valence-electron chi connectivity index (χ4n) is 5.18. The van der Waals surface area contributed by atoms with Gasteiger partial charge in [-0.2, -0.15) is 0 Å². The molecule has 2 aliphatic rings. The van der Waals surface area contributed by atoms with Crippen molar-refractivity contribution >= 4 is 17.3 Å². The van der Waals surface area contributed by atoms with Crippen LogP contribution in [-0.4, -0.2) is 53.1 Å². The lowest BCUT2D eigenvalue weighted by molar-refractivity contribution is 0.102. The molecule has 2 aromatic heterocycles. The number of anilines is 2. The second-order valence-electron chi connectivity index (χ2n) is 9.27. The number of piperazine rings is 1. The van der Waals surface area contributed by atoms with Crippen LogP contribution in [0.2, 0.25) is 0 Å². The highest BCUT2D eigenvalue weighted by atomic mass is 19.1.